The number of fused-ring (bicyclic) bond motifs is 1. The number of hydrogen-bond acceptors (Lipinski definition) is 1. The summed E-state index contributed by atoms with van der Waals surface area (Å²) in [5, 5.41) is 11.3. The largest absolute Gasteiger partial charge is 0.388 e. The van der Waals surface area contributed by atoms with Crippen LogP contribution in [0.15, 0.2) is 30.6 Å². The summed E-state index contributed by atoms with van der Waals surface area (Å²) in [6.07, 6.45) is 6.72. The van der Waals surface area contributed by atoms with Gasteiger partial charge in [0.1, 0.15) is 0 Å². The zero-order valence-corrected chi connectivity index (χ0v) is 12.0. The summed E-state index contributed by atoms with van der Waals surface area (Å²) < 4.78 is 2.06. The minimum absolute atomic E-state index is 0.327. The monoisotopic (exact) mass is 295 g/mol. The lowest BCUT2D eigenvalue weighted by molar-refractivity contribution is 0.157. The van der Waals surface area contributed by atoms with Gasteiger partial charge in [0.2, 0.25) is 0 Å². The van der Waals surface area contributed by atoms with Crippen molar-refractivity contribution in [1.82, 2.24) is 4.57 Å². The second kappa shape index (κ2) is 5.20. The van der Waals surface area contributed by atoms with Crippen molar-refractivity contribution in [2.24, 2.45) is 0 Å². The van der Waals surface area contributed by atoms with Gasteiger partial charge in [-0.3, -0.25) is 0 Å². The highest BCUT2D eigenvalue weighted by Crippen LogP contribution is 2.31. The summed E-state index contributed by atoms with van der Waals surface area (Å²) in [6.45, 7) is 0.637. The molecule has 1 aromatic heterocycles. The molecule has 1 aliphatic carbocycles. The molecular formula is C15H15Cl2NO. The highest BCUT2D eigenvalue weighted by molar-refractivity contribution is 6.35. The van der Waals surface area contributed by atoms with Gasteiger partial charge < -0.3 is 9.67 Å². The predicted molar refractivity (Wildman–Crippen MR) is 77.9 cm³/mol. The number of aliphatic hydroxyl groups is 1. The smallest absolute Gasteiger partial charge is 0.0807 e. The van der Waals surface area contributed by atoms with Crippen LogP contribution < -0.4 is 0 Å². The first-order chi connectivity index (χ1) is 9.15. The van der Waals surface area contributed by atoms with E-state index in [1.807, 2.05) is 24.4 Å². The third-order valence-electron chi connectivity index (χ3n) is 3.68. The molecule has 19 heavy (non-hydrogen) atoms. The first kappa shape index (κ1) is 13.0. The van der Waals surface area contributed by atoms with E-state index >= 15 is 0 Å². The molecule has 2 aromatic rings. The van der Waals surface area contributed by atoms with Crippen LogP contribution in [0.5, 0.6) is 0 Å². The van der Waals surface area contributed by atoms with Gasteiger partial charge in [0, 0.05) is 40.1 Å². The molecular weight excluding hydrogens is 281 g/mol. The summed E-state index contributed by atoms with van der Waals surface area (Å²) in [5.41, 5.74) is 3.21. The number of aromatic nitrogens is 1. The molecule has 1 atom stereocenters. The molecule has 4 heteroatoms. The van der Waals surface area contributed by atoms with Crippen LogP contribution >= 0.6 is 23.2 Å². The van der Waals surface area contributed by atoms with Crippen LogP contribution in [0.3, 0.4) is 0 Å². The molecule has 0 radical (unpaired) electrons. The van der Waals surface area contributed by atoms with Crippen LogP contribution in [0.2, 0.25) is 10.0 Å². The fourth-order valence-corrected chi connectivity index (χ4v) is 3.20. The van der Waals surface area contributed by atoms with Crippen LogP contribution in [0.4, 0.5) is 0 Å². The van der Waals surface area contributed by atoms with Crippen molar-refractivity contribution in [1.29, 1.82) is 0 Å². The van der Waals surface area contributed by atoms with E-state index < -0.39 is 0 Å². The quantitative estimate of drug-likeness (QED) is 0.882. The Labute approximate surface area is 122 Å². The van der Waals surface area contributed by atoms with E-state index in [0.29, 0.717) is 16.6 Å². The van der Waals surface area contributed by atoms with Crippen molar-refractivity contribution in [3.63, 3.8) is 0 Å². The van der Waals surface area contributed by atoms with Gasteiger partial charge in [0.15, 0.2) is 0 Å². The number of rotatable bonds is 2. The highest BCUT2D eigenvalue weighted by Gasteiger charge is 2.20. The Kier molecular flexibility index (Phi) is 3.57. The molecule has 1 aliphatic rings. The molecule has 1 unspecified atom stereocenters. The zero-order chi connectivity index (χ0) is 13.4. The minimum atomic E-state index is -0.327. The summed E-state index contributed by atoms with van der Waals surface area (Å²) in [7, 11) is 0. The Balaban J connectivity index is 1.92. The third kappa shape index (κ3) is 2.53. The Bertz CT molecular complexity index is 586. The molecule has 0 aliphatic heterocycles. The maximum absolute atomic E-state index is 9.98. The topological polar surface area (TPSA) is 25.2 Å². The number of nitrogens with zero attached hydrogens (tertiary/aromatic N) is 1. The van der Waals surface area contributed by atoms with Crippen molar-refractivity contribution in [3.05, 3.63) is 57.3 Å². The first-order valence-corrected chi connectivity index (χ1v) is 7.20. The van der Waals surface area contributed by atoms with Crippen molar-refractivity contribution >= 4 is 23.2 Å². The molecule has 0 saturated carbocycles. The van der Waals surface area contributed by atoms with Crippen LogP contribution in [0.25, 0.3) is 0 Å². The average molecular weight is 296 g/mol. The summed E-state index contributed by atoms with van der Waals surface area (Å²) in [5.74, 6) is 0. The number of halogens is 2. The van der Waals surface area contributed by atoms with Gasteiger partial charge in [-0.25, -0.2) is 0 Å². The van der Waals surface area contributed by atoms with Crippen molar-refractivity contribution in [3.8, 4) is 0 Å². The molecule has 0 saturated heterocycles. The second-order valence-corrected chi connectivity index (χ2v) is 5.83. The minimum Gasteiger partial charge on any atom is -0.388 e. The summed E-state index contributed by atoms with van der Waals surface area (Å²) >= 11 is 12.4. The maximum Gasteiger partial charge on any atom is 0.0807 e. The Morgan fingerprint density at radius 2 is 1.95 bits per heavy atom. The van der Waals surface area contributed by atoms with Crippen LogP contribution in [-0.4, -0.2) is 9.67 Å². The molecule has 2 nitrogen and oxygen atoms in total. The van der Waals surface area contributed by atoms with Crippen molar-refractivity contribution < 1.29 is 5.11 Å². The lowest BCUT2D eigenvalue weighted by Gasteiger charge is -2.16. The highest BCUT2D eigenvalue weighted by atomic mass is 35.5. The van der Waals surface area contributed by atoms with Gasteiger partial charge in [0.05, 0.1) is 6.10 Å². The molecule has 0 fully saturated rings. The molecule has 100 valence electrons. The molecule has 0 spiro atoms. The fraction of sp³-hybridized carbons (Fsp3) is 0.333. The lowest BCUT2D eigenvalue weighted by atomic mass is 9.93. The number of aryl methyl sites for hydroxylation is 1. The molecule has 0 amide bonds. The Morgan fingerprint density at radius 1 is 1.21 bits per heavy atom. The first-order valence-electron chi connectivity index (χ1n) is 6.44. The second-order valence-electron chi connectivity index (χ2n) is 5.02. The van der Waals surface area contributed by atoms with Gasteiger partial charge in [-0.1, -0.05) is 29.3 Å². The Morgan fingerprint density at radius 3 is 2.63 bits per heavy atom. The number of aliphatic hydroxyl groups excluding tert-OH is 1. The third-order valence-corrected chi connectivity index (χ3v) is 4.39. The summed E-state index contributed by atoms with van der Waals surface area (Å²) in [4.78, 5) is 0. The molecule has 1 heterocycles. The van der Waals surface area contributed by atoms with E-state index in [0.717, 1.165) is 30.4 Å². The molecule has 1 N–H and O–H groups in total. The lowest BCUT2D eigenvalue weighted by Crippen LogP contribution is -2.05. The van der Waals surface area contributed by atoms with Gasteiger partial charge in [-0.05, 0) is 37.0 Å². The molecule has 1 aromatic carbocycles. The standard InChI is InChI=1S/C15H15Cl2NO/c16-13-4-2-5-14(17)12(13)9-18-7-10-3-1-6-15(19)11(10)8-18/h2,4-5,7-8,15,19H,1,3,6,9H2. The van der Waals surface area contributed by atoms with Gasteiger partial charge in [-0.2, -0.15) is 0 Å². The maximum atomic E-state index is 9.98. The zero-order valence-electron chi connectivity index (χ0n) is 10.4. The number of hydrogen-bond donors (Lipinski definition) is 1. The van der Waals surface area contributed by atoms with Crippen LogP contribution in [-0.2, 0) is 13.0 Å². The summed E-state index contributed by atoms with van der Waals surface area (Å²) in [6, 6.07) is 5.54. The fourth-order valence-electron chi connectivity index (χ4n) is 2.68. The van der Waals surface area contributed by atoms with Gasteiger partial charge in [-0.15, -0.1) is 0 Å². The Hall–Kier alpha value is -0.960. The average Bonchev–Trinajstić information content (AvgIpc) is 2.78. The van der Waals surface area contributed by atoms with Crippen LogP contribution in [0.1, 0.15) is 35.6 Å². The number of benzene rings is 1. The normalized spacial score (nSPS) is 18.4. The van der Waals surface area contributed by atoms with E-state index in [1.54, 1.807) is 0 Å². The van der Waals surface area contributed by atoms with Crippen molar-refractivity contribution in [2.75, 3.05) is 0 Å². The van der Waals surface area contributed by atoms with Gasteiger partial charge >= 0.3 is 0 Å². The SMILES string of the molecule is OC1CCCc2cn(Cc3c(Cl)cccc3Cl)cc21. The molecule has 0 bridgehead atoms. The van der Waals surface area contributed by atoms with E-state index in [2.05, 4.69) is 10.8 Å². The van der Waals surface area contributed by atoms with E-state index in [1.165, 1.54) is 5.56 Å². The van der Waals surface area contributed by atoms with Crippen LogP contribution in [0, 0.1) is 0 Å². The van der Waals surface area contributed by atoms with E-state index in [4.69, 9.17) is 23.2 Å². The van der Waals surface area contributed by atoms with Gasteiger partial charge in [0.25, 0.3) is 0 Å². The van der Waals surface area contributed by atoms with Crippen molar-refractivity contribution in [2.45, 2.75) is 31.9 Å². The predicted octanol–water partition coefficient (Wildman–Crippen LogP) is 4.21. The molecule has 3 rings (SSSR count). The van der Waals surface area contributed by atoms with E-state index in [9.17, 15) is 5.11 Å². The van der Waals surface area contributed by atoms with E-state index in [-0.39, 0.29) is 6.10 Å².